The third-order valence-corrected chi connectivity index (χ3v) is 3.06. The molecule has 1 aromatic heterocycles. The molecule has 1 saturated heterocycles. The zero-order valence-electron chi connectivity index (χ0n) is 8.14. The summed E-state index contributed by atoms with van der Waals surface area (Å²) in [6, 6.07) is 0.290. The Hall–Kier alpha value is -0.750. The lowest BCUT2D eigenvalue weighted by molar-refractivity contribution is 0.0336. The summed E-state index contributed by atoms with van der Waals surface area (Å²) in [4.78, 5) is 0. The molecule has 1 fully saturated rings. The Morgan fingerprint density at radius 3 is 3.14 bits per heavy atom. The fraction of sp³-hybridized carbons (Fsp3) is 0.875. The van der Waals surface area contributed by atoms with E-state index in [9.17, 15) is 0 Å². The van der Waals surface area contributed by atoms with Gasteiger partial charge in [0.05, 0.1) is 12.6 Å². The number of hydrogen-bond acceptors (Lipinski definition) is 4. The van der Waals surface area contributed by atoms with Gasteiger partial charge in [-0.2, -0.15) is 5.21 Å². The quantitative estimate of drug-likeness (QED) is 0.754. The monoisotopic (exact) mass is 214 g/mol. The number of ether oxygens (including phenoxy) is 1. The van der Waals surface area contributed by atoms with Crippen molar-refractivity contribution in [2.45, 2.75) is 25.8 Å². The summed E-state index contributed by atoms with van der Waals surface area (Å²) in [6.45, 7) is 3.81. The van der Waals surface area contributed by atoms with Gasteiger partial charge in [0.1, 0.15) is 0 Å². The largest absolute Gasteiger partial charge is 0.381 e. The summed E-state index contributed by atoms with van der Waals surface area (Å²) in [5, 5.41) is 10.2. The number of nitrogens with zero attached hydrogens (tertiary/aromatic N) is 3. The van der Waals surface area contributed by atoms with Gasteiger partial charge in [-0.3, -0.25) is 0 Å². The second-order valence-electron chi connectivity index (χ2n) is 3.67. The molecule has 2 unspecified atom stereocenters. The van der Waals surface area contributed by atoms with Crippen LogP contribution < -0.4 is 0 Å². The first-order valence-corrected chi connectivity index (χ1v) is 5.27. The molecule has 0 saturated carbocycles. The van der Waals surface area contributed by atoms with Crippen LogP contribution in [0.4, 0.5) is 0 Å². The van der Waals surface area contributed by atoms with Crippen LogP contribution in [0.25, 0.3) is 0 Å². The predicted octanol–water partition coefficient (Wildman–Crippen LogP) is 1.32. The zero-order chi connectivity index (χ0) is 9.97. The van der Waals surface area contributed by atoms with Gasteiger partial charge in [-0.1, -0.05) is 10.3 Å². The first kappa shape index (κ1) is 9.79. The van der Waals surface area contributed by atoms with E-state index < -0.39 is 0 Å². The van der Waals surface area contributed by atoms with Gasteiger partial charge in [0.25, 0.3) is 0 Å². The lowest BCUT2D eigenvalue weighted by Gasteiger charge is -2.27. The minimum Gasteiger partial charge on any atom is -0.381 e. The van der Waals surface area contributed by atoms with Gasteiger partial charge >= 0.3 is 0 Å². The van der Waals surface area contributed by atoms with Crippen molar-refractivity contribution in [2.75, 3.05) is 13.2 Å². The predicted molar refractivity (Wildman–Crippen MR) is 53.5 cm³/mol. The molecular formula is C8H14N4OS. The lowest BCUT2D eigenvalue weighted by Crippen LogP contribution is -2.26. The smallest absolute Gasteiger partial charge is 0.238 e. The Bertz CT molecular complexity index is 341. The molecule has 1 aliphatic heterocycles. The highest BCUT2D eigenvalue weighted by molar-refractivity contribution is 7.71. The molecule has 5 nitrogen and oxygen atoms in total. The maximum Gasteiger partial charge on any atom is 0.238 e. The molecule has 0 aliphatic carbocycles. The highest BCUT2D eigenvalue weighted by atomic mass is 32.1. The molecule has 6 heteroatoms. The van der Waals surface area contributed by atoms with Crippen LogP contribution in [0.1, 0.15) is 25.8 Å². The molecule has 0 radical (unpaired) electrons. The van der Waals surface area contributed by atoms with Crippen molar-refractivity contribution in [2.24, 2.45) is 5.92 Å². The number of aromatic nitrogens is 4. The van der Waals surface area contributed by atoms with Crippen LogP contribution in [-0.4, -0.2) is 33.4 Å². The molecule has 78 valence electrons. The molecule has 2 rings (SSSR count). The topological polar surface area (TPSA) is 55.7 Å². The van der Waals surface area contributed by atoms with E-state index in [0.29, 0.717) is 10.7 Å². The summed E-state index contributed by atoms with van der Waals surface area (Å²) in [6.07, 6.45) is 2.31. The van der Waals surface area contributed by atoms with Crippen molar-refractivity contribution in [3.63, 3.8) is 0 Å². The fourth-order valence-electron chi connectivity index (χ4n) is 1.83. The van der Waals surface area contributed by atoms with Gasteiger partial charge < -0.3 is 4.74 Å². The average molecular weight is 214 g/mol. The van der Waals surface area contributed by atoms with E-state index >= 15 is 0 Å². The number of H-pyrrole nitrogens is 1. The molecule has 2 atom stereocenters. The highest BCUT2D eigenvalue weighted by Gasteiger charge is 2.22. The molecule has 0 spiro atoms. The molecule has 14 heavy (non-hydrogen) atoms. The normalized spacial score (nSPS) is 24.8. The summed E-state index contributed by atoms with van der Waals surface area (Å²) in [5.41, 5.74) is 0. The summed E-state index contributed by atoms with van der Waals surface area (Å²) in [7, 11) is 0. The van der Waals surface area contributed by atoms with Crippen LogP contribution in [-0.2, 0) is 4.74 Å². The lowest BCUT2D eigenvalue weighted by atomic mass is 9.95. The van der Waals surface area contributed by atoms with Gasteiger partial charge in [0.2, 0.25) is 4.77 Å². The summed E-state index contributed by atoms with van der Waals surface area (Å²) < 4.78 is 7.78. The van der Waals surface area contributed by atoms with Gasteiger partial charge in [0.15, 0.2) is 0 Å². The Labute approximate surface area is 87.4 Å². The van der Waals surface area contributed by atoms with E-state index in [1.807, 2.05) is 4.68 Å². The molecule has 0 aromatic carbocycles. The van der Waals surface area contributed by atoms with Crippen molar-refractivity contribution in [1.29, 1.82) is 0 Å². The van der Waals surface area contributed by atoms with Crippen LogP contribution >= 0.6 is 12.2 Å². The van der Waals surface area contributed by atoms with Crippen molar-refractivity contribution in [1.82, 2.24) is 20.2 Å². The van der Waals surface area contributed by atoms with Crippen molar-refractivity contribution in [3.05, 3.63) is 4.77 Å². The van der Waals surface area contributed by atoms with E-state index in [1.54, 1.807) is 0 Å². The van der Waals surface area contributed by atoms with Gasteiger partial charge in [0, 0.05) is 12.5 Å². The number of hydrogen-bond donors (Lipinski definition) is 1. The van der Waals surface area contributed by atoms with Crippen molar-refractivity contribution < 1.29 is 4.74 Å². The van der Waals surface area contributed by atoms with E-state index in [2.05, 4.69) is 22.4 Å². The van der Waals surface area contributed by atoms with Gasteiger partial charge in [-0.05, 0) is 32.0 Å². The number of aromatic amines is 1. The second kappa shape index (κ2) is 4.18. The third kappa shape index (κ3) is 1.85. The average Bonchev–Trinajstić information content (AvgIpc) is 2.65. The molecule has 1 aromatic rings. The summed E-state index contributed by atoms with van der Waals surface area (Å²) >= 11 is 5.05. The van der Waals surface area contributed by atoms with Crippen LogP contribution in [0.2, 0.25) is 0 Å². The standard InChI is InChI=1S/C8H14N4OS/c1-6(7-3-2-4-13-5-7)12-8(14)9-10-11-12/h6-7H,2-5H2,1H3,(H,9,11,14). The Morgan fingerprint density at radius 1 is 1.71 bits per heavy atom. The van der Waals surface area contributed by atoms with Crippen molar-refractivity contribution in [3.8, 4) is 0 Å². The Balaban J connectivity index is 2.11. The number of nitrogens with one attached hydrogen (secondary N) is 1. The van der Waals surface area contributed by atoms with E-state index in [4.69, 9.17) is 17.0 Å². The molecule has 0 bridgehead atoms. The molecule has 0 amide bonds. The maximum atomic E-state index is 5.44. The molecular weight excluding hydrogens is 200 g/mol. The zero-order valence-corrected chi connectivity index (χ0v) is 8.96. The van der Waals surface area contributed by atoms with E-state index in [-0.39, 0.29) is 6.04 Å². The maximum absolute atomic E-state index is 5.44. The van der Waals surface area contributed by atoms with Gasteiger partial charge in [-0.25, -0.2) is 4.68 Å². The fourth-order valence-corrected chi connectivity index (χ4v) is 2.07. The number of rotatable bonds is 2. The van der Waals surface area contributed by atoms with Gasteiger partial charge in [-0.15, -0.1) is 0 Å². The molecule has 2 heterocycles. The van der Waals surface area contributed by atoms with Crippen LogP contribution in [0.15, 0.2) is 0 Å². The second-order valence-corrected chi connectivity index (χ2v) is 4.04. The first-order valence-electron chi connectivity index (χ1n) is 4.86. The molecule has 1 N–H and O–H groups in total. The minimum absolute atomic E-state index is 0.290. The van der Waals surface area contributed by atoms with E-state index in [0.717, 1.165) is 19.6 Å². The summed E-state index contributed by atoms with van der Waals surface area (Å²) in [5.74, 6) is 0.512. The molecule has 1 aliphatic rings. The minimum atomic E-state index is 0.290. The van der Waals surface area contributed by atoms with Crippen LogP contribution in [0.3, 0.4) is 0 Å². The van der Waals surface area contributed by atoms with Crippen LogP contribution in [0.5, 0.6) is 0 Å². The van der Waals surface area contributed by atoms with E-state index in [1.165, 1.54) is 6.42 Å². The Kier molecular flexibility index (Phi) is 2.93. The number of tetrazole rings is 1. The SMILES string of the molecule is CC(C1CCCOC1)n1[nH]nnc1=S. The van der Waals surface area contributed by atoms with Crippen LogP contribution in [0, 0.1) is 10.7 Å². The first-order chi connectivity index (χ1) is 6.79. The highest BCUT2D eigenvalue weighted by Crippen LogP contribution is 2.25. The third-order valence-electron chi connectivity index (χ3n) is 2.78. The Morgan fingerprint density at radius 2 is 2.57 bits per heavy atom. The van der Waals surface area contributed by atoms with Crippen molar-refractivity contribution >= 4 is 12.2 Å².